The third kappa shape index (κ3) is 2.17. The number of nitrogens with zero attached hydrogens (tertiary/aromatic N) is 2. The SMILES string of the molecule is CC(I)c1ccccc1N=NN. The van der Waals surface area contributed by atoms with Crippen molar-refractivity contribution >= 4 is 28.3 Å². The zero-order valence-electron chi connectivity index (χ0n) is 6.74. The summed E-state index contributed by atoms with van der Waals surface area (Å²) in [6.45, 7) is 2.10. The maximum atomic E-state index is 4.99. The molecule has 0 spiro atoms. The van der Waals surface area contributed by atoms with Crippen LogP contribution in [0.15, 0.2) is 34.6 Å². The molecule has 4 heteroatoms. The minimum Gasteiger partial charge on any atom is -0.305 e. The van der Waals surface area contributed by atoms with Gasteiger partial charge in [-0.25, -0.2) is 0 Å². The van der Waals surface area contributed by atoms with Gasteiger partial charge in [0.2, 0.25) is 0 Å². The summed E-state index contributed by atoms with van der Waals surface area (Å²) >= 11 is 2.33. The van der Waals surface area contributed by atoms with Gasteiger partial charge in [0, 0.05) is 3.92 Å². The monoisotopic (exact) mass is 275 g/mol. The molecule has 0 saturated carbocycles. The Morgan fingerprint density at radius 3 is 2.67 bits per heavy atom. The van der Waals surface area contributed by atoms with Crippen LogP contribution in [-0.4, -0.2) is 0 Å². The topological polar surface area (TPSA) is 50.7 Å². The first-order chi connectivity index (χ1) is 5.75. The van der Waals surface area contributed by atoms with Crippen LogP contribution in [0.3, 0.4) is 0 Å². The molecule has 0 aliphatic rings. The summed E-state index contributed by atoms with van der Waals surface area (Å²) in [5.74, 6) is 4.99. The molecule has 1 atom stereocenters. The molecule has 1 rings (SSSR count). The number of benzene rings is 1. The number of hydrogen-bond acceptors (Lipinski definition) is 2. The van der Waals surface area contributed by atoms with Gasteiger partial charge in [-0.3, -0.25) is 0 Å². The van der Waals surface area contributed by atoms with Crippen LogP contribution in [0.5, 0.6) is 0 Å². The van der Waals surface area contributed by atoms with Gasteiger partial charge in [0.25, 0.3) is 0 Å². The zero-order valence-corrected chi connectivity index (χ0v) is 8.89. The molecule has 1 aromatic rings. The number of alkyl halides is 1. The van der Waals surface area contributed by atoms with Gasteiger partial charge < -0.3 is 5.84 Å². The molecule has 2 N–H and O–H groups in total. The maximum Gasteiger partial charge on any atom is 0.0916 e. The molecule has 0 aliphatic heterocycles. The first-order valence-electron chi connectivity index (χ1n) is 3.59. The van der Waals surface area contributed by atoms with Crippen LogP contribution in [0.25, 0.3) is 0 Å². The minimum absolute atomic E-state index is 0.421. The van der Waals surface area contributed by atoms with E-state index in [0.717, 1.165) is 11.3 Å². The maximum absolute atomic E-state index is 4.99. The summed E-state index contributed by atoms with van der Waals surface area (Å²) in [7, 11) is 0. The van der Waals surface area contributed by atoms with Gasteiger partial charge in [-0.1, -0.05) is 46.0 Å². The first-order valence-corrected chi connectivity index (χ1v) is 4.84. The fourth-order valence-electron chi connectivity index (χ4n) is 0.977. The van der Waals surface area contributed by atoms with Crippen molar-refractivity contribution in [3.63, 3.8) is 0 Å². The Kier molecular flexibility index (Phi) is 3.46. The standard InChI is InChI=1S/C8H10IN3/c1-6(9)7-4-2-3-5-8(7)11-12-10/h2-6H,1H3,(H2,10,11). The van der Waals surface area contributed by atoms with Crippen molar-refractivity contribution in [2.75, 3.05) is 0 Å². The Morgan fingerprint density at radius 1 is 1.42 bits per heavy atom. The number of hydrogen-bond donors (Lipinski definition) is 1. The highest BCUT2D eigenvalue weighted by Crippen LogP contribution is 2.30. The minimum atomic E-state index is 0.421. The van der Waals surface area contributed by atoms with E-state index in [4.69, 9.17) is 5.84 Å². The van der Waals surface area contributed by atoms with E-state index in [1.165, 1.54) is 0 Å². The summed E-state index contributed by atoms with van der Waals surface area (Å²) in [6.07, 6.45) is 0. The fourth-order valence-corrected chi connectivity index (χ4v) is 1.50. The molecule has 0 saturated heterocycles. The molecule has 0 amide bonds. The molecule has 0 radical (unpaired) electrons. The highest BCUT2D eigenvalue weighted by molar-refractivity contribution is 14.1. The van der Waals surface area contributed by atoms with Crippen LogP contribution >= 0.6 is 22.6 Å². The van der Waals surface area contributed by atoms with E-state index in [1.807, 2.05) is 24.3 Å². The van der Waals surface area contributed by atoms with Crippen molar-refractivity contribution in [3.8, 4) is 0 Å². The van der Waals surface area contributed by atoms with Crippen molar-refractivity contribution < 1.29 is 0 Å². The molecule has 0 bridgehead atoms. The van der Waals surface area contributed by atoms with Gasteiger partial charge in [-0.15, -0.1) is 5.11 Å². The van der Waals surface area contributed by atoms with Gasteiger partial charge >= 0.3 is 0 Å². The van der Waals surface area contributed by atoms with Crippen molar-refractivity contribution in [1.29, 1.82) is 0 Å². The van der Waals surface area contributed by atoms with Crippen LogP contribution in [0.1, 0.15) is 16.4 Å². The molecule has 0 aliphatic carbocycles. The Morgan fingerprint density at radius 2 is 2.08 bits per heavy atom. The zero-order chi connectivity index (χ0) is 8.97. The van der Waals surface area contributed by atoms with Gasteiger partial charge in [-0.05, 0) is 18.6 Å². The van der Waals surface area contributed by atoms with Gasteiger partial charge in [-0.2, -0.15) is 0 Å². The lowest BCUT2D eigenvalue weighted by molar-refractivity contribution is 1.04. The van der Waals surface area contributed by atoms with Crippen molar-refractivity contribution in [1.82, 2.24) is 0 Å². The molecule has 1 unspecified atom stereocenters. The van der Waals surface area contributed by atoms with E-state index in [2.05, 4.69) is 39.9 Å². The lowest BCUT2D eigenvalue weighted by Crippen LogP contribution is -1.84. The summed E-state index contributed by atoms with van der Waals surface area (Å²) in [6, 6.07) is 7.84. The molecule has 1 aromatic carbocycles. The second-order valence-electron chi connectivity index (χ2n) is 2.39. The van der Waals surface area contributed by atoms with E-state index >= 15 is 0 Å². The molecule has 0 aromatic heterocycles. The molecule has 64 valence electrons. The van der Waals surface area contributed by atoms with Crippen LogP contribution in [0.4, 0.5) is 5.69 Å². The molecule has 0 fully saturated rings. The van der Waals surface area contributed by atoms with Crippen LogP contribution < -0.4 is 5.84 Å². The average molecular weight is 275 g/mol. The van der Waals surface area contributed by atoms with E-state index in [-0.39, 0.29) is 0 Å². The summed E-state index contributed by atoms with van der Waals surface area (Å²) in [4.78, 5) is 0. The first kappa shape index (κ1) is 9.44. The quantitative estimate of drug-likeness (QED) is 0.291. The van der Waals surface area contributed by atoms with Crippen LogP contribution in [0, 0.1) is 0 Å². The Bertz CT molecular complexity index is 283. The van der Waals surface area contributed by atoms with E-state index in [0.29, 0.717) is 3.92 Å². The molecular formula is C8H10IN3. The number of rotatable bonds is 2. The van der Waals surface area contributed by atoms with Gasteiger partial charge in [0.1, 0.15) is 0 Å². The molecular weight excluding hydrogens is 265 g/mol. The normalized spacial score (nSPS) is 13.5. The summed E-state index contributed by atoms with van der Waals surface area (Å²) in [5.41, 5.74) is 2.01. The highest BCUT2D eigenvalue weighted by Gasteiger charge is 2.05. The van der Waals surface area contributed by atoms with E-state index < -0.39 is 0 Å². The largest absolute Gasteiger partial charge is 0.305 e. The number of nitrogens with two attached hydrogens (primary N) is 1. The molecule has 12 heavy (non-hydrogen) atoms. The van der Waals surface area contributed by atoms with Gasteiger partial charge in [0.05, 0.1) is 5.69 Å². The van der Waals surface area contributed by atoms with Crippen LogP contribution in [0.2, 0.25) is 0 Å². The third-order valence-electron chi connectivity index (χ3n) is 1.53. The summed E-state index contributed by atoms with van der Waals surface area (Å²) < 4.78 is 0.421. The van der Waals surface area contributed by atoms with Crippen LogP contribution in [-0.2, 0) is 0 Å². The number of halogens is 1. The third-order valence-corrected chi connectivity index (χ3v) is 2.20. The van der Waals surface area contributed by atoms with Gasteiger partial charge in [0.15, 0.2) is 0 Å². The smallest absolute Gasteiger partial charge is 0.0916 e. The fraction of sp³-hybridized carbons (Fsp3) is 0.250. The second kappa shape index (κ2) is 4.39. The van der Waals surface area contributed by atoms with E-state index in [9.17, 15) is 0 Å². The lowest BCUT2D eigenvalue weighted by Gasteiger charge is -2.05. The average Bonchev–Trinajstić information content (AvgIpc) is 2.05. The van der Waals surface area contributed by atoms with Crippen molar-refractivity contribution in [2.45, 2.75) is 10.8 Å². The van der Waals surface area contributed by atoms with E-state index in [1.54, 1.807) is 0 Å². The molecule has 0 heterocycles. The van der Waals surface area contributed by atoms with Crippen molar-refractivity contribution in [2.24, 2.45) is 16.2 Å². The predicted octanol–water partition coefficient (Wildman–Crippen LogP) is 3.14. The second-order valence-corrected chi connectivity index (χ2v) is 4.26. The summed E-state index contributed by atoms with van der Waals surface area (Å²) in [5, 5.41) is 7.10. The highest BCUT2D eigenvalue weighted by atomic mass is 127. The molecule has 3 nitrogen and oxygen atoms in total. The predicted molar refractivity (Wildman–Crippen MR) is 57.6 cm³/mol. The van der Waals surface area contributed by atoms with Crippen molar-refractivity contribution in [3.05, 3.63) is 29.8 Å². The Hall–Kier alpha value is -0.650. The Labute approximate surface area is 85.2 Å². The lowest BCUT2D eigenvalue weighted by atomic mass is 10.1. The Balaban J connectivity index is 3.08.